The fraction of sp³-hybridized carbons (Fsp3) is 0.440. The number of nitrogens with zero attached hydrogens (tertiary/aromatic N) is 2. The van der Waals surface area contributed by atoms with Crippen molar-refractivity contribution in [1.82, 2.24) is 10.2 Å². The van der Waals surface area contributed by atoms with Gasteiger partial charge in [-0.05, 0) is 86.9 Å². The van der Waals surface area contributed by atoms with E-state index < -0.39 is 10.1 Å². The quantitative estimate of drug-likeness (QED) is 0.569. The summed E-state index contributed by atoms with van der Waals surface area (Å²) in [6, 6.07) is 11.3. The van der Waals surface area contributed by atoms with E-state index in [9.17, 15) is 18.3 Å². The zero-order chi connectivity index (χ0) is 25.0. The van der Waals surface area contributed by atoms with Crippen LogP contribution in [0.2, 0.25) is 0 Å². The summed E-state index contributed by atoms with van der Waals surface area (Å²) in [5, 5.41) is 22.2. The van der Waals surface area contributed by atoms with Crippen molar-refractivity contribution in [3.05, 3.63) is 58.7 Å². The Labute approximate surface area is 201 Å². The zero-order valence-electron chi connectivity index (χ0n) is 19.7. The van der Waals surface area contributed by atoms with Crippen LogP contribution in [-0.4, -0.2) is 54.1 Å². The van der Waals surface area contributed by atoms with E-state index in [-0.39, 0.29) is 34.6 Å². The smallest absolute Gasteiger partial charge is 0.294 e. The molecule has 182 valence electrons. The van der Waals surface area contributed by atoms with Gasteiger partial charge in [0.2, 0.25) is 5.91 Å². The number of hydrogen-bond acceptors (Lipinski definition) is 6. The number of amides is 1. The molecule has 1 amide bonds. The van der Waals surface area contributed by atoms with E-state index in [1.807, 2.05) is 20.8 Å². The van der Waals surface area contributed by atoms with Crippen LogP contribution in [0.5, 0.6) is 5.75 Å². The molecule has 4 rings (SSSR count). The van der Waals surface area contributed by atoms with Crippen LogP contribution in [0.3, 0.4) is 0 Å². The number of carbonyl (C=O) groups is 1. The van der Waals surface area contributed by atoms with E-state index in [2.05, 4.69) is 11.4 Å². The van der Waals surface area contributed by atoms with Gasteiger partial charge in [-0.15, -0.1) is 0 Å². The Morgan fingerprint density at radius 2 is 1.76 bits per heavy atom. The van der Waals surface area contributed by atoms with Gasteiger partial charge in [0.25, 0.3) is 10.1 Å². The molecule has 0 aliphatic carbocycles. The van der Waals surface area contributed by atoms with Crippen LogP contribution in [0, 0.1) is 32.1 Å². The van der Waals surface area contributed by atoms with Gasteiger partial charge >= 0.3 is 0 Å². The highest BCUT2D eigenvalue weighted by molar-refractivity contribution is 7.85. The Morgan fingerprint density at radius 1 is 1.15 bits per heavy atom. The molecule has 2 aliphatic heterocycles. The van der Waals surface area contributed by atoms with Crippen LogP contribution in [-0.2, 0) is 14.9 Å². The maximum Gasteiger partial charge on any atom is 0.294 e. The fourth-order valence-electron chi connectivity index (χ4n) is 4.81. The molecular weight excluding hydrogens is 454 g/mol. The van der Waals surface area contributed by atoms with Crippen molar-refractivity contribution in [3.63, 3.8) is 0 Å². The third kappa shape index (κ3) is 5.95. The number of nitrogens with one attached hydrogen (secondary N) is 1. The first-order chi connectivity index (χ1) is 16.0. The zero-order valence-corrected chi connectivity index (χ0v) is 20.5. The number of phenolic OH excluding ortho intramolecular Hbond substituents is 1. The monoisotopic (exact) mass is 485 g/mol. The molecule has 0 aromatic heterocycles. The highest BCUT2D eigenvalue weighted by Crippen LogP contribution is 2.34. The number of hydrogen-bond donors (Lipinski definition) is 3. The Morgan fingerprint density at radius 3 is 2.32 bits per heavy atom. The van der Waals surface area contributed by atoms with E-state index >= 15 is 0 Å². The minimum absolute atomic E-state index is 0.0608. The first-order valence-corrected chi connectivity index (χ1v) is 12.7. The second kappa shape index (κ2) is 10.6. The SMILES string of the molecule is Cc1cc(O)cc(C)c1[C@@H]1CN[C@H](C(=O)N2CCC[C@H]2C#N)C1.Cc1ccc(S(=O)(=O)O)cc1. The molecular formula is C25H31N3O5S. The average molecular weight is 486 g/mol. The number of benzene rings is 2. The lowest BCUT2D eigenvalue weighted by Gasteiger charge is -2.23. The average Bonchev–Trinajstić information content (AvgIpc) is 3.42. The summed E-state index contributed by atoms with van der Waals surface area (Å²) in [5.74, 6) is 0.620. The van der Waals surface area contributed by atoms with E-state index in [1.54, 1.807) is 29.2 Å². The predicted octanol–water partition coefficient (Wildman–Crippen LogP) is 3.21. The molecule has 2 saturated heterocycles. The summed E-state index contributed by atoms with van der Waals surface area (Å²) in [6.07, 6.45) is 2.45. The van der Waals surface area contributed by atoms with E-state index in [1.165, 1.54) is 17.7 Å². The highest BCUT2D eigenvalue weighted by atomic mass is 32.2. The molecule has 2 fully saturated rings. The van der Waals surface area contributed by atoms with Gasteiger partial charge in [0.15, 0.2) is 0 Å². The van der Waals surface area contributed by atoms with Crippen LogP contribution < -0.4 is 5.32 Å². The normalized spacial score (nSPS) is 22.1. The number of likely N-dealkylation sites (tertiary alicyclic amines) is 1. The maximum absolute atomic E-state index is 12.7. The Hall–Kier alpha value is -2.93. The lowest BCUT2D eigenvalue weighted by molar-refractivity contribution is -0.133. The van der Waals surface area contributed by atoms with Crippen LogP contribution in [0.25, 0.3) is 0 Å². The summed E-state index contributed by atoms with van der Waals surface area (Å²) >= 11 is 0. The van der Waals surface area contributed by atoms with Crippen molar-refractivity contribution in [3.8, 4) is 11.8 Å². The van der Waals surface area contributed by atoms with E-state index in [4.69, 9.17) is 9.81 Å². The molecule has 2 aromatic carbocycles. The molecule has 2 heterocycles. The topological polar surface area (TPSA) is 131 Å². The third-order valence-corrected chi connectivity index (χ3v) is 7.29. The van der Waals surface area contributed by atoms with E-state index in [0.717, 1.165) is 42.5 Å². The standard InChI is InChI=1S/C18H23N3O2.C7H8O3S/c1-11-6-15(22)7-12(2)17(11)13-8-16(20-10-13)18(23)21-5-3-4-14(21)9-19;1-6-2-4-7(5-3-6)11(8,9)10/h6-7,13-14,16,20,22H,3-5,8,10H2,1-2H3;2-5H,1H3,(H,8,9,10)/t13-,14-,16-;/m0./s1. The second-order valence-corrected chi connectivity index (χ2v) is 10.4. The number of aryl methyl sites for hydroxylation is 3. The van der Waals surface area contributed by atoms with Gasteiger partial charge in [0.1, 0.15) is 11.8 Å². The summed E-state index contributed by atoms with van der Waals surface area (Å²) in [5.41, 5.74) is 4.32. The molecule has 3 atom stereocenters. The molecule has 0 radical (unpaired) electrons. The number of nitriles is 1. The predicted molar refractivity (Wildman–Crippen MR) is 128 cm³/mol. The summed E-state index contributed by atoms with van der Waals surface area (Å²) in [6.45, 7) is 7.30. The summed E-state index contributed by atoms with van der Waals surface area (Å²) in [7, 11) is -4.02. The highest BCUT2D eigenvalue weighted by Gasteiger charge is 2.38. The number of phenols is 1. The molecule has 3 N–H and O–H groups in total. The molecule has 34 heavy (non-hydrogen) atoms. The third-order valence-electron chi connectivity index (χ3n) is 6.42. The maximum atomic E-state index is 12.7. The lowest BCUT2D eigenvalue weighted by atomic mass is 9.88. The van der Waals surface area contributed by atoms with Gasteiger partial charge in [-0.2, -0.15) is 13.7 Å². The Bertz CT molecular complexity index is 1170. The summed E-state index contributed by atoms with van der Waals surface area (Å²) in [4.78, 5) is 14.4. The van der Waals surface area contributed by atoms with Crippen molar-refractivity contribution in [1.29, 1.82) is 5.26 Å². The Balaban J connectivity index is 0.000000248. The van der Waals surface area contributed by atoms with Gasteiger partial charge in [-0.25, -0.2) is 0 Å². The first-order valence-electron chi connectivity index (χ1n) is 11.3. The van der Waals surface area contributed by atoms with Gasteiger partial charge in [-0.3, -0.25) is 9.35 Å². The van der Waals surface area contributed by atoms with Crippen LogP contribution in [0.4, 0.5) is 0 Å². The first kappa shape index (κ1) is 25.7. The molecule has 0 spiro atoms. The van der Waals surface area contributed by atoms with Crippen LogP contribution >= 0.6 is 0 Å². The molecule has 0 saturated carbocycles. The number of carbonyl (C=O) groups excluding carboxylic acids is 1. The molecule has 9 heteroatoms. The van der Waals surface area contributed by atoms with Gasteiger partial charge in [-0.1, -0.05) is 17.7 Å². The van der Waals surface area contributed by atoms with Crippen molar-refractivity contribution < 1.29 is 22.9 Å². The van der Waals surface area contributed by atoms with Gasteiger partial charge < -0.3 is 15.3 Å². The largest absolute Gasteiger partial charge is 0.508 e. The summed E-state index contributed by atoms with van der Waals surface area (Å²) < 4.78 is 29.6. The molecule has 0 unspecified atom stereocenters. The fourth-order valence-corrected chi connectivity index (χ4v) is 5.29. The van der Waals surface area contributed by atoms with Crippen molar-refractivity contribution >= 4 is 16.0 Å². The van der Waals surface area contributed by atoms with Crippen molar-refractivity contribution in [2.24, 2.45) is 0 Å². The van der Waals surface area contributed by atoms with Crippen molar-refractivity contribution in [2.75, 3.05) is 13.1 Å². The number of aromatic hydroxyl groups is 1. The van der Waals surface area contributed by atoms with Crippen molar-refractivity contribution in [2.45, 2.75) is 62.9 Å². The molecule has 8 nitrogen and oxygen atoms in total. The van der Waals surface area contributed by atoms with E-state index in [0.29, 0.717) is 6.54 Å². The van der Waals surface area contributed by atoms with Gasteiger partial charge in [0.05, 0.1) is 17.0 Å². The second-order valence-electron chi connectivity index (χ2n) is 8.99. The van der Waals surface area contributed by atoms with Crippen LogP contribution in [0.1, 0.15) is 47.4 Å². The number of rotatable bonds is 3. The van der Waals surface area contributed by atoms with Gasteiger partial charge in [0, 0.05) is 13.1 Å². The van der Waals surface area contributed by atoms with Crippen LogP contribution in [0.15, 0.2) is 41.3 Å². The molecule has 2 aliphatic rings. The minimum Gasteiger partial charge on any atom is -0.508 e. The molecule has 0 bridgehead atoms. The lowest BCUT2D eigenvalue weighted by Crippen LogP contribution is -2.45. The molecule has 2 aromatic rings. The minimum atomic E-state index is -4.02. The Kier molecular flexibility index (Phi) is 7.97.